The first-order valence-electron chi connectivity index (χ1n) is 20.8. The van der Waals surface area contributed by atoms with Crippen LogP contribution < -0.4 is 4.74 Å². The van der Waals surface area contributed by atoms with Crippen LogP contribution in [0.4, 0.5) is 0 Å². The largest absolute Gasteiger partial charge is 0.456 e. The molecule has 13 rings (SSSR count). The molecule has 11 aromatic rings. The molecule has 4 nitrogen and oxygen atoms in total. The standard InChI is InChI=1S/C57H35N3O/c1-3-17-36(18-4-1)48-35-49(37-19-5-2-6-20-37)59-56(58-48)42-31-33-51(41-24-8-7-21-38(41)42)60-50-29-15-11-25-43(50)54-52(60)34-32-47-55(54)61-53-30-16-14-28-46(53)57(47)44-26-12-9-22-39(44)40-23-10-13-27-45(40)57/h1-35H. The maximum Gasteiger partial charge on any atom is 0.161 e. The van der Waals surface area contributed by atoms with Gasteiger partial charge in [0.2, 0.25) is 0 Å². The number of para-hydroxylation sites is 2. The van der Waals surface area contributed by atoms with Gasteiger partial charge in [0.25, 0.3) is 0 Å². The molecule has 0 atom stereocenters. The molecule has 3 heterocycles. The van der Waals surface area contributed by atoms with Crippen molar-refractivity contribution >= 4 is 32.6 Å². The minimum atomic E-state index is -0.546. The van der Waals surface area contributed by atoms with Crippen LogP contribution in [-0.4, -0.2) is 14.5 Å². The number of nitrogens with zero attached hydrogens (tertiary/aromatic N) is 3. The third-order valence-electron chi connectivity index (χ3n) is 12.9. The molecule has 0 fully saturated rings. The predicted molar refractivity (Wildman–Crippen MR) is 248 cm³/mol. The minimum absolute atomic E-state index is 0.546. The molecule has 61 heavy (non-hydrogen) atoms. The third kappa shape index (κ3) is 4.76. The lowest BCUT2D eigenvalue weighted by molar-refractivity contribution is 0.442. The lowest BCUT2D eigenvalue weighted by atomic mass is 9.66. The first kappa shape index (κ1) is 33.8. The fourth-order valence-corrected chi connectivity index (χ4v) is 10.4. The van der Waals surface area contributed by atoms with Crippen LogP contribution in [0.25, 0.3) is 83.3 Å². The molecule has 2 aliphatic rings. The Labute approximate surface area is 352 Å². The van der Waals surface area contributed by atoms with Gasteiger partial charge in [-0.05, 0) is 64.0 Å². The zero-order valence-corrected chi connectivity index (χ0v) is 33.0. The summed E-state index contributed by atoms with van der Waals surface area (Å²) >= 11 is 0. The Balaban J connectivity index is 1.07. The second-order valence-corrected chi connectivity index (χ2v) is 16.0. The van der Waals surface area contributed by atoms with Gasteiger partial charge in [-0.2, -0.15) is 0 Å². The normalized spacial score (nSPS) is 13.2. The van der Waals surface area contributed by atoms with E-state index >= 15 is 0 Å². The lowest BCUT2D eigenvalue weighted by Crippen LogP contribution is -2.32. The maximum absolute atomic E-state index is 7.19. The highest BCUT2D eigenvalue weighted by atomic mass is 16.5. The van der Waals surface area contributed by atoms with Crippen LogP contribution in [-0.2, 0) is 5.41 Å². The van der Waals surface area contributed by atoms with E-state index in [1.165, 1.54) is 27.8 Å². The number of hydrogen-bond donors (Lipinski definition) is 0. The number of rotatable bonds is 4. The summed E-state index contributed by atoms with van der Waals surface area (Å²) in [6.45, 7) is 0. The molecule has 0 N–H and O–H groups in total. The zero-order valence-electron chi connectivity index (χ0n) is 33.0. The number of ether oxygens (including phenoxy) is 1. The molecule has 0 saturated heterocycles. The molecular formula is C57H35N3O. The first-order chi connectivity index (χ1) is 30.3. The molecule has 0 saturated carbocycles. The van der Waals surface area contributed by atoms with Crippen LogP contribution in [0.15, 0.2) is 212 Å². The monoisotopic (exact) mass is 777 g/mol. The van der Waals surface area contributed by atoms with Crippen LogP contribution in [0, 0.1) is 0 Å². The Hall–Kier alpha value is -8.08. The Bertz CT molecular complexity index is 3470. The van der Waals surface area contributed by atoms with Gasteiger partial charge in [-0.3, -0.25) is 0 Å². The summed E-state index contributed by atoms with van der Waals surface area (Å²) in [7, 11) is 0. The van der Waals surface area contributed by atoms with Crippen LogP contribution in [0.2, 0.25) is 0 Å². The molecule has 0 radical (unpaired) electrons. The Morgan fingerprint density at radius 2 is 0.951 bits per heavy atom. The quantitative estimate of drug-likeness (QED) is 0.179. The average molecular weight is 778 g/mol. The van der Waals surface area contributed by atoms with Crippen LogP contribution in [0.1, 0.15) is 22.3 Å². The Morgan fingerprint density at radius 1 is 0.393 bits per heavy atom. The van der Waals surface area contributed by atoms with Crippen molar-refractivity contribution in [1.82, 2.24) is 14.5 Å². The van der Waals surface area contributed by atoms with Gasteiger partial charge in [0.05, 0.1) is 38.9 Å². The van der Waals surface area contributed by atoms with E-state index in [0.717, 1.165) is 83.4 Å². The molecule has 1 aliphatic heterocycles. The van der Waals surface area contributed by atoms with Crippen molar-refractivity contribution in [3.8, 4) is 62.2 Å². The van der Waals surface area contributed by atoms with Gasteiger partial charge in [-0.25, -0.2) is 9.97 Å². The lowest BCUT2D eigenvalue weighted by Gasteiger charge is -2.39. The van der Waals surface area contributed by atoms with Gasteiger partial charge >= 0.3 is 0 Å². The van der Waals surface area contributed by atoms with E-state index in [2.05, 4.69) is 205 Å². The van der Waals surface area contributed by atoms with Gasteiger partial charge in [0.15, 0.2) is 5.82 Å². The molecule has 284 valence electrons. The van der Waals surface area contributed by atoms with Crippen LogP contribution in [0.3, 0.4) is 0 Å². The molecule has 0 unspecified atom stereocenters. The van der Waals surface area contributed by atoms with Crippen molar-refractivity contribution in [2.45, 2.75) is 5.41 Å². The number of hydrogen-bond acceptors (Lipinski definition) is 3. The van der Waals surface area contributed by atoms with E-state index in [4.69, 9.17) is 14.7 Å². The summed E-state index contributed by atoms with van der Waals surface area (Å²) in [6, 6.07) is 75.7. The Morgan fingerprint density at radius 3 is 1.64 bits per heavy atom. The van der Waals surface area contributed by atoms with E-state index in [1.807, 2.05) is 12.1 Å². The van der Waals surface area contributed by atoms with Crippen molar-refractivity contribution in [3.63, 3.8) is 0 Å². The highest BCUT2D eigenvalue weighted by molar-refractivity contribution is 6.15. The highest BCUT2D eigenvalue weighted by Crippen LogP contribution is 2.63. The second kappa shape index (κ2) is 13.0. The average Bonchev–Trinajstić information content (AvgIpc) is 3.83. The minimum Gasteiger partial charge on any atom is -0.456 e. The molecule has 0 bridgehead atoms. The van der Waals surface area contributed by atoms with Crippen molar-refractivity contribution in [3.05, 3.63) is 235 Å². The van der Waals surface area contributed by atoms with Crippen LogP contribution in [0.5, 0.6) is 11.5 Å². The molecule has 1 aliphatic carbocycles. The van der Waals surface area contributed by atoms with Gasteiger partial charge in [0.1, 0.15) is 11.5 Å². The van der Waals surface area contributed by atoms with Crippen molar-refractivity contribution in [2.75, 3.05) is 0 Å². The number of aromatic nitrogens is 3. The molecular weight excluding hydrogens is 743 g/mol. The van der Waals surface area contributed by atoms with E-state index < -0.39 is 5.41 Å². The van der Waals surface area contributed by atoms with Crippen molar-refractivity contribution in [1.29, 1.82) is 0 Å². The van der Waals surface area contributed by atoms with Gasteiger partial charge in [-0.15, -0.1) is 0 Å². The first-order valence-corrected chi connectivity index (χ1v) is 20.8. The van der Waals surface area contributed by atoms with Gasteiger partial charge in [-0.1, -0.05) is 176 Å². The highest BCUT2D eigenvalue weighted by Gasteiger charge is 2.51. The smallest absolute Gasteiger partial charge is 0.161 e. The fourth-order valence-electron chi connectivity index (χ4n) is 10.4. The molecule has 9 aromatic carbocycles. The zero-order chi connectivity index (χ0) is 40.1. The fraction of sp³-hybridized carbons (Fsp3) is 0.0175. The molecule has 1 spiro atoms. The summed E-state index contributed by atoms with van der Waals surface area (Å²) in [5.41, 5.74) is 15.0. The second-order valence-electron chi connectivity index (χ2n) is 16.0. The van der Waals surface area contributed by atoms with E-state index in [1.54, 1.807) is 0 Å². The van der Waals surface area contributed by atoms with Crippen LogP contribution >= 0.6 is 0 Å². The molecule has 2 aromatic heterocycles. The Kier molecular flexibility index (Phi) is 7.19. The van der Waals surface area contributed by atoms with Gasteiger partial charge < -0.3 is 9.30 Å². The van der Waals surface area contributed by atoms with E-state index in [0.29, 0.717) is 5.82 Å². The van der Waals surface area contributed by atoms with Crippen molar-refractivity contribution < 1.29 is 4.74 Å². The number of fused-ring (bicyclic) bond motifs is 14. The topological polar surface area (TPSA) is 39.9 Å². The molecule has 4 heteroatoms. The number of benzene rings is 9. The summed E-state index contributed by atoms with van der Waals surface area (Å²) in [5, 5.41) is 4.43. The van der Waals surface area contributed by atoms with Crippen molar-refractivity contribution in [2.24, 2.45) is 0 Å². The summed E-state index contributed by atoms with van der Waals surface area (Å²) in [4.78, 5) is 10.5. The van der Waals surface area contributed by atoms with E-state index in [-0.39, 0.29) is 0 Å². The molecule has 0 amide bonds. The third-order valence-corrected chi connectivity index (χ3v) is 12.9. The predicted octanol–water partition coefficient (Wildman–Crippen LogP) is 14.2. The summed E-state index contributed by atoms with van der Waals surface area (Å²) in [5.74, 6) is 2.47. The summed E-state index contributed by atoms with van der Waals surface area (Å²) < 4.78 is 9.61. The summed E-state index contributed by atoms with van der Waals surface area (Å²) in [6.07, 6.45) is 0. The van der Waals surface area contributed by atoms with Gasteiger partial charge in [0, 0.05) is 38.6 Å². The van der Waals surface area contributed by atoms with E-state index in [9.17, 15) is 0 Å². The SMILES string of the molecule is c1ccc(-c2cc(-c3ccccc3)nc(-c3ccc(-n4c5ccccc5c5c6c(ccc54)C4(c5ccccc5O6)c5ccccc5-c5ccccc54)c4ccccc34)n2)cc1. The maximum atomic E-state index is 7.19.